The van der Waals surface area contributed by atoms with Gasteiger partial charge in [0.05, 0.1) is 7.11 Å². The molecule has 21 heavy (non-hydrogen) atoms. The minimum absolute atomic E-state index is 0.201. The minimum Gasteiger partial charge on any atom is -0.465 e. The molecule has 0 saturated heterocycles. The Balaban J connectivity index is 2.60. The van der Waals surface area contributed by atoms with Crippen LogP contribution in [0.5, 0.6) is 0 Å². The van der Waals surface area contributed by atoms with Crippen LogP contribution in [0.2, 0.25) is 0 Å². The van der Waals surface area contributed by atoms with E-state index < -0.39 is 5.97 Å². The Bertz CT molecular complexity index is 653. The number of carbonyl (C=O) groups excluding carboxylic acids is 1. The molecule has 0 spiro atoms. The molecule has 112 valence electrons. The fourth-order valence-electron chi connectivity index (χ4n) is 1.80. The standard InChI is InChI=1S/C13H16BrN5O2/c1-4-18(2)12-10(13(20)21-3)11(15)19(17-12)9-6-5-8(14)7-16-9/h5-7H,4,15H2,1-3H3. The summed E-state index contributed by atoms with van der Waals surface area (Å²) in [4.78, 5) is 18.0. The van der Waals surface area contributed by atoms with Crippen LogP contribution in [0.1, 0.15) is 17.3 Å². The number of anilines is 2. The number of nitrogen functional groups attached to an aromatic ring is 1. The average Bonchev–Trinajstić information content (AvgIpc) is 2.84. The van der Waals surface area contributed by atoms with Crippen LogP contribution in [-0.4, -0.2) is 41.4 Å². The van der Waals surface area contributed by atoms with Gasteiger partial charge >= 0.3 is 5.97 Å². The molecular formula is C13H16BrN5O2. The first-order chi connectivity index (χ1) is 9.99. The number of esters is 1. The number of nitrogens with two attached hydrogens (primary N) is 1. The number of methoxy groups -OCH3 is 1. The number of halogens is 1. The number of nitrogens with zero attached hydrogens (tertiary/aromatic N) is 4. The molecule has 0 amide bonds. The predicted molar refractivity (Wildman–Crippen MR) is 83.8 cm³/mol. The summed E-state index contributed by atoms with van der Waals surface area (Å²) < 4.78 is 7.07. The van der Waals surface area contributed by atoms with Gasteiger partial charge in [0.15, 0.2) is 11.6 Å². The quantitative estimate of drug-likeness (QED) is 0.844. The van der Waals surface area contributed by atoms with E-state index in [4.69, 9.17) is 10.5 Å². The smallest absolute Gasteiger partial charge is 0.345 e. The zero-order valence-corrected chi connectivity index (χ0v) is 13.6. The molecule has 2 N–H and O–H groups in total. The number of pyridine rings is 1. The lowest BCUT2D eigenvalue weighted by molar-refractivity contribution is 0.0602. The van der Waals surface area contributed by atoms with Gasteiger partial charge in [-0.05, 0) is 35.0 Å². The fourth-order valence-corrected chi connectivity index (χ4v) is 2.04. The topological polar surface area (TPSA) is 86.3 Å². The summed E-state index contributed by atoms with van der Waals surface area (Å²) in [6.07, 6.45) is 1.64. The van der Waals surface area contributed by atoms with E-state index in [-0.39, 0.29) is 11.4 Å². The SMILES string of the molecule is CCN(C)c1nn(-c2ccc(Br)cn2)c(N)c1C(=O)OC. The van der Waals surface area contributed by atoms with E-state index in [0.717, 1.165) is 4.47 Å². The van der Waals surface area contributed by atoms with Crippen molar-refractivity contribution in [2.75, 3.05) is 31.3 Å². The zero-order chi connectivity index (χ0) is 15.6. The van der Waals surface area contributed by atoms with Gasteiger partial charge in [0.1, 0.15) is 11.4 Å². The summed E-state index contributed by atoms with van der Waals surface area (Å²) in [5, 5.41) is 4.39. The highest BCUT2D eigenvalue weighted by Crippen LogP contribution is 2.27. The van der Waals surface area contributed by atoms with Gasteiger partial charge in [-0.2, -0.15) is 4.68 Å². The number of carbonyl (C=O) groups is 1. The third kappa shape index (κ3) is 2.85. The molecule has 2 heterocycles. The van der Waals surface area contributed by atoms with Crippen molar-refractivity contribution in [1.29, 1.82) is 0 Å². The van der Waals surface area contributed by atoms with Crippen LogP contribution in [0.15, 0.2) is 22.8 Å². The van der Waals surface area contributed by atoms with Crippen molar-refractivity contribution in [3.63, 3.8) is 0 Å². The molecule has 0 saturated carbocycles. The molecule has 0 radical (unpaired) electrons. The van der Waals surface area contributed by atoms with Crippen molar-refractivity contribution in [2.24, 2.45) is 0 Å². The maximum Gasteiger partial charge on any atom is 0.345 e. The second-order valence-electron chi connectivity index (χ2n) is 4.34. The predicted octanol–water partition coefficient (Wildman–Crippen LogP) is 1.85. The van der Waals surface area contributed by atoms with Gasteiger partial charge < -0.3 is 15.4 Å². The molecule has 0 atom stereocenters. The maximum atomic E-state index is 12.0. The molecule has 7 nitrogen and oxygen atoms in total. The number of ether oxygens (including phenoxy) is 1. The number of hydrogen-bond donors (Lipinski definition) is 1. The Kier molecular flexibility index (Phi) is 4.46. The fraction of sp³-hybridized carbons (Fsp3) is 0.308. The van der Waals surface area contributed by atoms with Gasteiger partial charge in [-0.1, -0.05) is 0 Å². The van der Waals surface area contributed by atoms with Gasteiger partial charge in [-0.15, -0.1) is 5.10 Å². The van der Waals surface area contributed by atoms with Gasteiger partial charge in [0.2, 0.25) is 0 Å². The number of rotatable bonds is 4. The molecule has 0 aromatic carbocycles. The van der Waals surface area contributed by atoms with Crippen LogP contribution < -0.4 is 10.6 Å². The molecule has 0 aliphatic heterocycles. The van der Waals surface area contributed by atoms with Crippen molar-refractivity contribution in [1.82, 2.24) is 14.8 Å². The molecular weight excluding hydrogens is 338 g/mol. The largest absolute Gasteiger partial charge is 0.465 e. The van der Waals surface area contributed by atoms with Gasteiger partial charge in [-0.3, -0.25) is 0 Å². The summed E-state index contributed by atoms with van der Waals surface area (Å²) in [6, 6.07) is 3.58. The van der Waals surface area contributed by atoms with E-state index in [0.29, 0.717) is 18.2 Å². The van der Waals surface area contributed by atoms with Gasteiger partial charge in [0, 0.05) is 24.3 Å². The normalized spacial score (nSPS) is 10.5. The monoisotopic (exact) mass is 353 g/mol. The summed E-state index contributed by atoms with van der Waals surface area (Å²) in [5.41, 5.74) is 6.31. The van der Waals surface area contributed by atoms with Crippen LogP contribution >= 0.6 is 15.9 Å². The second-order valence-corrected chi connectivity index (χ2v) is 5.25. The first-order valence-corrected chi connectivity index (χ1v) is 7.08. The van der Waals surface area contributed by atoms with Crippen LogP contribution in [0.3, 0.4) is 0 Å². The summed E-state index contributed by atoms with van der Waals surface area (Å²) in [5.74, 6) is 0.668. The van der Waals surface area contributed by atoms with Crippen LogP contribution in [0.25, 0.3) is 5.82 Å². The molecule has 2 rings (SSSR count). The van der Waals surface area contributed by atoms with E-state index in [9.17, 15) is 4.79 Å². The summed E-state index contributed by atoms with van der Waals surface area (Å²) in [6.45, 7) is 2.63. The molecule has 0 aliphatic rings. The van der Waals surface area contributed by atoms with Crippen molar-refractivity contribution in [3.8, 4) is 5.82 Å². The highest BCUT2D eigenvalue weighted by atomic mass is 79.9. The minimum atomic E-state index is -0.522. The van der Waals surface area contributed by atoms with E-state index in [1.54, 1.807) is 12.3 Å². The molecule has 0 fully saturated rings. The highest BCUT2D eigenvalue weighted by Gasteiger charge is 2.25. The molecule has 0 unspecified atom stereocenters. The van der Waals surface area contributed by atoms with Gasteiger partial charge in [-0.25, -0.2) is 9.78 Å². The number of hydrogen-bond acceptors (Lipinski definition) is 6. The van der Waals surface area contributed by atoms with Crippen molar-refractivity contribution in [2.45, 2.75) is 6.92 Å². The average molecular weight is 354 g/mol. The first kappa shape index (κ1) is 15.3. The lowest BCUT2D eigenvalue weighted by Gasteiger charge is -2.14. The third-order valence-electron chi connectivity index (χ3n) is 3.06. The van der Waals surface area contributed by atoms with E-state index in [1.165, 1.54) is 11.8 Å². The van der Waals surface area contributed by atoms with Crippen LogP contribution in [0.4, 0.5) is 11.6 Å². The highest BCUT2D eigenvalue weighted by molar-refractivity contribution is 9.10. The Morgan fingerprint density at radius 2 is 2.24 bits per heavy atom. The molecule has 2 aromatic rings. The molecule has 0 aliphatic carbocycles. The Hall–Kier alpha value is -2.09. The maximum absolute atomic E-state index is 12.0. The Morgan fingerprint density at radius 1 is 1.52 bits per heavy atom. The second kappa shape index (κ2) is 6.13. The first-order valence-electron chi connectivity index (χ1n) is 6.29. The number of aromatic nitrogens is 3. The van der Waals surface area contributed by atoms with Crippen molar-refractivity contribution < 1.29 is 9.53 Å². The summed E-state index contributed by atoms with van der Waals surface area (Å²) in [7, 11) is 3.14. The summed E-state index contributed by atoms with van der Waals surface area (Å²) >= 11 is 3.32. The van der Waals surface area contributed by atoms with Crippen LogP contribution in [0, 0.1) is 0 Å². The van der Waals surface area contributed by atoms with Gasteiger partial charge in [0.25, 0.3) is 0 Å². The molecule has 0 bridgehead atoms. The van der Waals surface area contributed by atoms with Crippen molar-refractivity contribution in [3.05, 3.63) is 28.4 Å². The lowest BCUT2D eigenvalue weighted by atomic mass is 10.3. The van der Waals surface area contributed by atoms with E-state index in [1.807, 2.05) is 24.9 Å². The molecule has 2 aromatic heterocycles. The Morgan fingerprint density at radius 3 is 2.76 bits per heavy atom. The van der Waals surface area contributed by atoms with E-state index >= 15 is 0 Å². The third-order valence-corrected chi connectivity index (χ3v) is 3.53. The van der Waals surface area contributed by atoms with Crippen molar-refractivity contribution >= 4 is 33.5 Å². The molecule has 8 heteroatoms. The zero-order valence-electron chi connectivity index (χ0n) is 12.0. The Labute approximate surface area is 130 Å². The lowest BCUT2D eigenvalue weighted by Crippen LogP contribution is -2.19. The van der Waals surface area contributed by atoms with Crippen LogP contribution in [-0.2, 0) is 4.74 Å². The van der Waals surface area contributed by atoms with E-state index in [2.05, 4.69) is 26.0 Å².